The lowest BCUT2D eigenvalue weighted by atomic mass is 9.90. The molecule has 1 atom stereocenters. The summed E-state index contributed by atoms with van der Waals surface area (Å²) < 4.78 is 27.3. The van der Waals surface area contributed by atoms with Crippen LogP contribution in [0.3, 0.4) is 0 Å². The Bertz CT molecular complexity index is 941. The number of fused-ring (bicyclic) bond motifs is 1. The molecule has 1 amide bonds. The van der Waals surface area contributed by atoms with E-state index in [2.05, 4.69) is 11.4 Å². The van der Waals surface area contributed by atoms with Gasteiger partial charge in [0.1, 0.15) is 6.04 Å². The van der Waals surface area contributed by atoms with Crippen molar-refractivity contribution in [2.75, 3.05) is 11.9 Å². The molecule has 142 valence electrons. The molecule has 0 aromatic heterocycles. The number of nitrogens with zero attached hydrogens (tertiary/aromatic N) is 1. The van der Waals surface area contributed by atoms with Gasteiger partial charge in [-0.2, -0.15) is 4.31 Å². The molecule has 2 aromatic rings. The highest BCUT2D eigenvalue weighted by molar-refractivity contribution is 7.89. The van der Waals surface area contributed by atoms with Gasteiger partial charge in [-0.25, -0.2) is 8.42 Å². The Morgan fingerprint density at radius 2 is 1.74 bits per heavy atom. The molecule has 0 bridgehead atoms. The first-order valence-electron chi connectivity index (χ1n) is 9.56. The Morgan fingerprint density at radius 1 is 0.963 bits per heavy atom. The molecule has 1 unspecified atom stereocenters. The summed E-state index contributed by atoms with van der Waals surface area (Å²) in [4.78, 5) is 13.2. The SMILES string of the molecule is O=C(Nc1cccc2c1CCCC2)C1CCCN1S(=O)(=O)c1ccccc1. The van der Waals surface area contributed by atoms with Crippen molar-refractivity contribution < 1.29 is 13.2 Å². The van der Waals surface area contributed by atoms with E-state index < -0.39 is 16.1 Å². The van der Waals surface area contributed by atoms with Gasteiger partial charge in [0, 0.05) is 12.2 Å². The quantitative estimate of drug-likeness (QED) is 0.879. The second-order valence-corrected chi connectivity index (χ2v) is 9.12. The van der Waals surface area contributed by atoms with Crippen LogP contribution in [-0.4, -0.2) is 31.2 Å². The van der Waals surface area contributed by atoms with Crippen LogP contribution in [-0.2, 0) is 27.7 Å². The van der Waals surface area contributed by atoms with Crippen molar-refractivity contribution in [3.8, 4) is 0 Å². The largest absolute Gasteiger partial charge is 0.324 e. The van der Waals surface area contributed by atoms with Crippen LogP contribution in [0.2, 0.25) is 0 Å². The highest BCUT2D eigenvalue weighted by Crippen LogP contribution is 2.30. The van der Waals surface area contributed by atoms with Crippen molar-refractivity contribution in [2.45, 2.75) is 49.5 Å². The van der Waals surface area contributed by atoms with Gasteiger partial charge in [-0.15, -0.1) is 0 Å². The van der Waals surface area contributed by atoms with Crippen LogP contribution in [0.15, 0.2) is 53.4 Å². The highest BCUT2D eigenvalue weighted by Gasteiger charge is 2.39. The Balaban J connectivity index is 1.57. The maximum atomic E-state index is 13.0. The van der Waals surface area contributed by atoms with Crippen molar-refractivity contribution in [1.29, 1.82) is 0 Å². The standard InChI is InChI=1S/C21H24N2O3S/c24-21(22-19-13-6-9-16-8-4-5-12-18(16)19)20-14-7-15-23(20)27(25,26)17-10-2-1-3-11-17/h1-3,6,9-11,13,20H,4-5,7-8,12,14-15H2,(H,22,24). The lowest BCUT2D eigenvalue weighted by molar-refractivity contribution is -0.119. The van der Waals surface area contributed by atoms with E-state index in [9.17, 15) is 13.2 Å². The zero-order valence-electron chi connectivity index (χ0n) is 15.2. The van der Waals surface area contributed by atoms with E-state index in [1.807, 2.05) is 12.1 Å². The van der Waals surface area contributed by atoms with Gasteiger partial charge in [0.2, 0.25) is 15.9 Å². The molecule has 2 aliphatic rings. The lowest BCUT2D eigenvalue weighted by Crippen LogP contribution is -2.43. The molecule has 6 heteroatoms. The summed E-state index contributed by atoms with van der Waals surface area (Å²) in [6.07, 6.45) is 5.54. The Morgan fingerprint density at radius 3 is 2.56 bits per heavy atom. The van der Waals surface area contributed by atoms with Crippen LogP contribution in [0.1, 0.15) is 36.8 Å². The van der Waals surface area contributed by atoms with E-state index >= 15 is 0 Å². The van der Waals surface area contributed by atoms with E-state index in [1.165, 1.54) is 21.9 Å². The van der Waals surface area contributed by atoms with E-state index in [0.717, 1.165) is 24.9 Å². The van der Waals surface area contributed by atoms with Crippen LogP contribution in [0.4, 0.5) is 5.69 Å². The number of carbonyl (C=O) groups excluding carboxylic acids is 1. The minimum Gasteiger partial charge on any atom is -0.324 e. The topological polar surface area (TPSA) is 66.5 Å². The maximum absolute atomic E-state index is 13.0. The van der Waals surface area contributed by atoms with Crippen molar-refractivity contribution in [3.63, 3.8) is 0 Å². The fraction of sp³-hybridized carbons (Fsp3) is 0.381. The smallest absolute Gasteiger partial charge is 0.243 e. The molecule has 2 aromatic carbocycles. The first kappa shape index (κ1) is 18.2. The van der Waals surface area contributed by atoms with Crippen molar-refractivity contribution >= 4 is 21.6 Å². The summed E-state index contributed by atoms with van der Waals surface area (Å²) in [5.41, 5.74) is 3.33. The third-order valence-corrected chi connectivity index (χ3v) is 7.43. The second kappa shape index (κ2) is 7.44. The molecular formula is C21H24N2O3S. The van der Waals surface area contributed by atoms with E-state index in [4.69, 9.17) is 0 Å². The minimum absolute atomic E-state index is 0.231. The average Bonchev–Trinajstić information content (AvgIpc) is 3.20. The minimum atomic E-state index is -3.67. The van der Waals surface area contributed by atoms with Gasteiger partial charge in [-0.3, -0.25) is 4.79 Å². The summed E-state index contributed by atoms with van der Waals surface area (Å²) in [5.74, 6) is -0.231. The molecule has 1 aliphatic heterocycles. The zero-order chi connectivity index (χ0) is 18.9. The number of hydrogen-bond donors (Lipinski definition) is 1. The Hall–Kier alpha value is -2.18. The summed E-state index contributed by atoms with van der Waals surface area (Å²) >= 11 is 0. The van der Waals surface area contributed by atoms with Crippen LogP contribution >= 0.6 is 0 Å². The molecular weight excluding hydrogens is 360 g/mol. The van der Waals surface area contributed by atoms with Crippen molar-refractivity contribution in [2.24, 2.45) is 0 Å². The summed E-state index contributed by atoms with van der Waals surface area (Å²) in [7, 11) is -3.67. The number of anilines is 1. The first-order valence-corrected chi connectivity index (χ1v) is 11.0. The van der Waals surface area contributed by atoms with Crippen LogP contribution < -0.4 is 5.32 Å². The van der Waals surface area contributed by atoms with Crippen LogP contribution in [0, 0.1) is 0 Å². The molecule has 0 spiro atoms. The van der Waals surface area contributed by atoms with Gasteiger partial charge in [-0.05, 0) is 67.9 Å². The fourth-order valence-electron chi connectivity index (χ4n) is 4.13. The third kappa shape index (κ3) is 3.51. The molecule has 1 heterocycles. The van der Waals surface area contributed by atoms with Crippen molar-refractivity contribution in [1.82, 2.24) is 4.31 Å². The lowest BCUT2D eigenvalue weighted by Gasteiger charge is -2.25. The van der Waals surface area contributed by atoms with E-state index in [-0.39, 0.29) is 10.8 Å². The molecule has 1 aliphatic carbocycles. The predicted octanol–water partition coefficient (Wildman–Crippen LogP) is 3.36. The average molecular weight is 385 g/mol. The summed E-state index contributed by atoms with van der Waals surface area (Å²) in [5, 5.41) is 3.02. The Labute approximate surface area is 160 Å². The molecule has 1 fully saturated rings. The number of hydrogen-bond acceptors (Lipinski definition) is 3. The second-order valence-electron chi connectivity index (χ2n) is 7.23. The molecule has 27 heavy (non-hydrogen) atoms. The Kier molecular flexibility index (Phi) is 5.02. The van der Waals surface area contributed by atoms with Gasteiger partial charge in [-0.1, -0.05) is 30.3 Å². The highest BCUT2D eigenvalue weighted by atomic mass is 32.2. The molecule has 1 saturated heterocycles. The fourth-order valence-corrected chi connectivity index (χ4v) is 5.81. The molecule has 0 saturated carbocycles. The van der Waals surface area contributed by atoms with Gasteiger partial charge in [0.05, 0.1) is 4.90 Å². The van der Waals surface area contributed by atoms with Gasteiger partial charge in [0.15, 0.2) is 0 Å². The number of aryl methyl sites for hydroxylation is 1. The number of amides is 1. The number of nitrogens with one attached hydrogen (secondary N) is 1. The van der Waals surface area contributed by atoms with Crippen molar-refractivity contribution in [3.05, 3.63) is 59.7 Å². The normalized spacial score (nSPS) is 20.2. The molecule has 4 rings (SSSR count). The van der Waals surface area contributed by atoms with Gasteiger partial charge < -0.3 is 5.32 Å². The molecule has 0 radical (unpaired) electrons. The summed E-state index contributed by atoms with van der Waals surface area (Å²) in [6, 6.07) is 13.7. The third-order valence-electron chi connectivity index (χ3n) is 5.51. The van der Waals surface area contributed by atoms with Crippen LogP contribution in [0.5, 0.6) is 0 Å². The molecule has 1 N–H and O–H groups in total. The predicted molar refractivity (Wildman–Crippen MR) is 105 cm³/mol. The maximum Gasteiger partial charge on any atom is 0.243 e. The first-order chi connectivity index (χ1) is 13.1. The number of rotatable bonds is 4. The monoisotopic (exact) mass is 384 g/mol. The molecule has 5 nitrogen and oxygen atoms in total. The zero-order valence-corrected chi connectivity index (χ0v) is 16.0. The number of sulfonamides is 1. The van der Waals surface area contributed by atoms with E-state index in [0.29, 0.717) is 19.4 Å². The van der Waals surface area contributed by atoms with Crippen LogP contribution in [0.25, 0.3) is 0 Å². The van der Waals surface area contributed by atoms with E-state index in [1.54, 1.807) is 30.3 Å². The number of carbonyl (C=O) groups is 1. The number of benzene rings is 2. The van der Waals surface area contributed by atoms with Gasteiger partial charge in [0.25, 0.3) is 0 Å². The summed E-state index contributed by atoms with van der Waals surface area (Å²) in [6.45, 7) is 0.377. The van der Waals surface area contributed by atoms with Gasteiger partial charge >= 0.3 is 0 Å².